The number of carbonyl (C=O) groups is 1. The molecule has 26 heavy (non-hydrogen) atoms. The molecule has 7 heteroatoms. The molecule has 2 aromatic rings. The zero-order valence-electron chi connectivity index (χ0n) is 16.1. The highest BCUT2D eigenvalue weighted by Crippen LogP contribution is 2.20. The summed E-state index contributed by atoms with van der Waals surface area (Å²) in [5.41, 5.74) is 6.33. The summed E-state index contributed by atoms with van der Waals surface area (Å²) in [6, 6.07) is 6.35. The van der Waals surface area contributed by atoms with E-state index in [0.717, 1.165) is 0 Å². The van der Waals surface area contributed by atoms with Crippen LogP contribution >= 0.6 is 0 Å². The van der Waals surface area contributed by atoms with Gasteiger partial charge in [-0.25, -0.2) is 14.1 Å². The van der Waals surface area contributed by atoms with Gasteiger partial charge in [0.1, 0.15) is 17.3 Å². The number of para-hydroxylation sites is 1. The van der Waals surface area contributed by atoms with E-state index in [0.29, 0.717) is 24.7 Å². The molecular weight excluding hydrogens is 333 g/mol. The van der Waals surface area contributed by atoms with Crippen molar-refractivity contribution in [1.82, 2.24) is 19.7 Å². The number of hydrogen-bond acceptors (Lipinski definition) is 4. The van der Waals surface area contributed by atoms with Gasteiger partial charge in [-0.15, -0.1) is 5.10 Å². The van der Waals surface area contributed by atoms with Crippen LogP contribution in [0.5, 0.6) is 0 Å². The fourth-order valence-corrected chi connectivity index (χ4v) is 2.54. The summed E-state index contributed by atoms with van der Waals surface area (Å²) in [6.07, 6.45) is 0.699. The summed E-state index contributed by atoms with van der Waals surface area (Å²) in [6.45, 7) is 8.49. The number of halogens is 1. The van der Waals surface area contributed by atoms with Gasteiger partial charge in [0, 0.05) is 25.6 Å². The highest BCUT2D eigenvalue weighted by atomic mass is 19.1. The second-order valence-corrected chi connectivity index (χ2v) is 7.23. The third-order valence-electron chi connectivity index (χ3n) is 4.42. The van der Waals surface area contributed by atoms with Gasteiger partial charge in [-0.05, 0) is 24.5 Å². The molecule has 1 aromatic carbocycles. The first kappa shape index (κ1) is 20.0. The van der Waals surface area contributed by atoms with Crippen LogP contribution in [0.2, 0.25) is 0 Å². The minimum Gasteiger partial charge on any atom is -0.339 e. The molecule has 2 rings (SSSR count). The Morgan fingerprint density at radius 3 is 2.50 bits per heavy atom. The van der Waals surface area contributed by atoms with E-state index in [1.54, 1.807) is 30.1 Å². The SMILES string of the molecule is CC(C)c1nc(C(=O)N(C)CCC(N)C(C)C)nn1-c1ccccc1F. The highest BCUT2D eigenvalue weighted by molar-refractivity contribution is 5.90. The van der Waals surface area contributed by atoms with Crippen LogP contribution in [-0.2, 0) is 0 Å². The van der Waals surface area contributed by atoms with Crippen molar-refractivity contribution in [1.29, 1.82) is 0 Å². The van der Waals surface area contributed by atoms with E-state index < -0.39 is 5.82 Å². The first-order valence-corrected chi connectivity index (χ1v) is 8.95. The van der Waals surface area contributed by atoms with E-state index in [9.17, 15) is 9.18 Å². The molecular formula is C19H28FN5O. The predicted octanol–water partition coefficient (Wildman–Crippen LogP) is 2.98. The Hall–Kier alpha value is -2.28. The molecule has 0 fully saturated rings. The zero-order valence-corrected chi connectivity index (χ0v) is 16.1. The molecule has 1 atom stereocenters. The minimum absolute atomic E-state index is 0.0108. The van der Waals surface area contributed by atoms with Gasteiger partial charge in [0.25, 0.3) is 5.91 Å². The van der Waals surface area contributed by atoms with Gasteiger partial charge >= 0.3 is 0 Å². The van der Waals surface area contributed by atoms with Gasteiger partial charge in [0.2, 0.25) is 5.82 Å². The lowest BCUT2D eigenvalue weighted by Gasteiger charge is -2.20. The van der Waals surface area contributed by atoms with E-state index in [2.05, 4.69) is 23.9 Å². The molecule has 0 saturated carbocycles. The van der Waals surface area contributed by atoms with E-state index in [1.165, 1.54) is 10.7 Å². The maximum absolute atomic E-state index is 14.2. The first-order valence-electron chi connectivity index (χ1n) is 8.95. The fourth-order valence-electron chi connectivity index (χ4n) is 2.54. The lowest BCUT2D eigenvalue weighted by atomic mass is 10.0. The van der Waals surface area contributed by atoms with Crippen LogP contribution in [0.25, 0.3) is 5.69 Å². The third kappa shape index (κ3) is 4.46. The lowest BCUT2D eigenvalue weighted by molar-refractivity contribution is 0.0777. The van der Waals surface area contributed by atoms with E-state index >= 15 is 0 Å². The zero-order chi connectivity index (χ0) is 19.4. The Bertz CT molecular complexity index is 756. The Morgan fingerprint density at radius 1 is 1.27 bits per heavy atom. The smallest absolute Gasteiger partial charge is 0.293 e. The van der Waals surface area contributed by atoms with Crippen molar-refractivity contribution in [2.24, 2.45) is 11.7 Å². The molecule has 0 aliphatic heterocycles. The van der Waals surface area contributed by atoms with Crippen molar-refractivity contribution >= 4 is 5.91 Å². The average Bonchev–Trinajstić information content (AvgIpc) is 3.04. The third-order valence-corrected chi connectivity index (χ3v) is 4.42. The van der Waals surface area contributed by atoms with Crippen LogP contribution < -0.4 is 5.73 Å². The van der Waals surface area contributed by atoms with Crippen LogP contribution in [-0.4, -0.2) is 45.2 Å². The maximum atomic E-state index is 14.2. The summed E-state index contributed by atoms with van der Waals surface area (Å²) < 4.78 is 15.6. The van der Waals surface area contributed by atoms with Crippen LogP contribution in [0.3, 0.4) is 0 Å². The molecule has 1 aromatic heterocycles. The van der Waals surface area contributed by atoms with Gasteiger partial charge < -0.3 is 10.6 Å². The molecule has 0 aliphatic rings. The first-order chi connectivity index (χ1) is 12.2. The second kappa shape index (κ2) is 8.40. The molecule has 2 N–H and O–H groups in total. The topological polar surface area (TPSA) is 77.0 Å². The van der Waals surface area contributed by atoms with Crippen LogP contribution in [0.4, 0.5) is 4.39 Å². The second-order valence-electron chi connectivity index (χ2n) is 7.23. The molecule has 0 radical (unpaired) electrons. The van der Waals surface area contributed by atoms with E-state index in [1.807, 2.05) is 13.8 Å². The summed E-state index contributed by atoms with van der Waals surface area (Å²) in [5, 5.41) is 4.29. The summed E-state index contributed by atoms with van der Waals surface area (Å²) >= 11 is 0. The number of aromatic nitrogens is 3. The number of carbonyl (C=O) groups excluding carboxylic acids is 1. The van der Waals surface area contributed by atoms with Crippen molar-refractivity contribution in [3.8, 4) is 5.69 Å². The monoisotopic (exact) mass is 361 g/mol. The molecule has 142 valence electrons. The largest absolute Gasteiger partial charge is 0.339 e. The Labute approximate surface area is 154 Å². The summed E-state index contributed by atoms with van der Waals surface area (Å²) in [5.74, 6) is 0.253. The summed E-state index contributed by atoms with van der Waals surface area (Å²) in [7, 11) is 1.70. The fraction of sp³-hybridized carbons (Fsp3) is 0.526. The molecule has 0 saturated heterocycles. The van der Waals surface area contributed by atoms with E-state index in [-0.39, 0.29) is 29.4 Å². The highest BCUT2D eigenvalue weighted by Gasteiger charge is 2.23. The van der Waals surface area contributed by atoms with Crippen molar-refractivity contribution in [3.63, 3.8) is 0 Å². The van der Waals surface area contributed by atoms with Crippen molar-refractivity contribution in [2.45, 2.75) is 46.1 Å². The van der Waals surface area contributed by atoms with Gasteiger partial charge in [0.05, 0.1) is 0 Å². The molecule has 1 heterocycles. The molecule has 1 unspecified atom stereocenters. The summed E-state index contributed by atoms with van der Waals surface area (Å²) in [4.78, 5) is 18.6. The van der Waals surface area contributed by atoms with E-state index in [4.69, 9.17) is 5.73 Å². The number of benzene rings is 1. The average molecular weight is 361 g/mol. The van der Waals surface area contributed by atoms with Gasteiger partial charge in [-0.1, -0.05) is 39.8 Å². The standard InChI is InChI=1S/C19H28FN5O/c1-12(2)15(21)10-11-24(5)19(26)17-22-18(13(3)4)25(23-17)16-9-7-6-8-14(16)20/h6-9,12-13,15H,10-11,21H2,1-5H3. The van der Waals surface area contributed by atoms with Crippen molar-refractivity contribution < 1.29 is 9.18 Å². The van der Waals surface area contributed by atoms with Crippen LogP contribution in [0, 0.1) is 11.7 Å². The number of nitrogens with two attached hydrogens (primary N) is 1. The predicted molar refractivity (Wildman–Crippen MR) is 99.8 cm³/mol. The number of amides is 1. The van der Waals surface area contributed by atoms with Crippen LogP contribution in [0.1, 0.15) is 56.5 Å². The Kier molecular flexibility index (Phi) is 6.47. The van der Waals surface area contributed by atoms with Gasteiger partial charge in [0.15, 0.2) is 0 Å². The van der Waals surface area contributed by atoms with Crippen molar-refractivity contribution in [3.05, 3.63) is 41.7 Å². The number of rotatable bonds is 7. The van der Waals surface area contributed by atoms with Crippen LogP contribution in [0.15, 0.2) is 24.3 Å². The molecule has 0 aliphatic carbocycles. The minimum atomic E-state index is -0.408. The molecule has 0 spiro atoms. The Balaban J connectivity index is 2.26. The molecule has 0 bridgehead atoms. The quantitative estimate of drug-likeness (QED) is 0.822. The normalized spacial score (nSPS) is 12.7. The number of hydrogen-bond donors (Lipinski definition) is 1. The lowest BCUT2D eigenvalue weighted by Crippen LogP contribution is -2.35. The molecule has 6 nitrogen and oxygen atoms in total. The van der Waals surface area contributed by atoms with Gasteiger partial charge in [-0.2, -0.15) is 0 Å². The Morgan fingerprint density at radius 2 is 1.92 bits per heavy atom. The number of nitrogens with zero attached hydrogens (tertiary/aromatic N) is 4. The molecule has 1 amide bonds. The van der Waals surface area contributed by atoms with Crippen molar-refractivity contribution in [2.75, 3.05) is 13.6 Å². The maximum Gasteiger partial charge on any atom is 0.293 e. The van der Waals surface area contributed by atoms with Gasteiger partial charge in [-0.3, -0.25) is 4.79 Å².